The number of fused-ring (bicyclic) bond motifs is 1. The van der Waals surface area contributed by atoms with Crippen molar-refractivity contribution in [3.63, 3.8) is 0 Å². The van der Waals surface area contributed by atoms with E-state index >= 15 is 0 Å². The van der Waals surface area contributed by atoms with Crippen LogP contribution in [0.4, 0.5) is 5.69 Å². The second-order valence-corrected chi connectivity index (χ2v) is 5.64. The molecule has 1 heterocycles. The van der Waals surface area contributed by atoms with E-state index in [9.17, 15) is 0 Å². The van der Waals surface area contributed by atoms with E-state index in [2.05, 4.69) is 10.3 Å². The van der Waals surface area contributed by atoms with E-state index in [1.165, 1.54) is 0 Å². The molecule has 0 saturated carbocycles. The lowest BCUT2D eigenvalue weighted by Crippen LogP contribution is -2.23. The van der Waals surface area contributed by atoms with Crippen LogP contribution >= 0.6 is 0 Å². The standard InChI is InChI=1S/C19H23N3O3/c20-19(21-9-12-23-14-15-5-2-1-3-6-15)22-16-7-8-17-18(13-16)25-11-4-10-24-17/h1-3,5-8,13H,4,9-12,14H2,(H3,20,21,22). The molecule has 0 spiro atoms. The molecule has 0 aromatic heterocycles. The lowest BCUT2D eigenvalue weighted by Gasteiger charge is -2.10. The van der Waals surface area contributed by atoms with Crippen LogP contribution in [0.3, 0.4) is 0 Å². The first-order chi connectivity index (χ1) is 12.3. The molecule has 0 atom stereocenters. The summed E-state index contributed by atoms with van der Waals surface area (Å²) in [5.74, 6) is 1.83. The van der Waals surface area contributed by atoms with Gasteiger partial charge in [0.05, 0.1) is 33.0 Å². The summed E-state index contributed by atoms with van der Waals surface area (Å²) in [5.41, 5.74) is 7.88. The zero-order chi connectivity index (χ0) is 17.3. The minimum Gasteiger partial charge on any atom is -0.490 e. The van der Waals surface area contributed by atoms with Gasteiger partial charge in [0.1, 0.15) is 0 Å². The summed E-state index contributed by atoms with van der Waals surface area (Å²) >= 11 is 0. The number of rotatable bonds is 6. The molecule has 2 aromatic rings. The van der Waals surface area contributed by atoms with Gasteiger partial charge in [0.25, 0.3) is 0 Å². The van der Waals surface area contributed by atoms with Crippen LogP contribution in [0.1, 0.15) is 12.0 Å². The van der Waals surface area contributed by atoms with Crippen molar-refractivity contribution < 1.29 is 14.2 Å². The molecule has 3 rings (SSSR count). The molecular weight excluding hydrogens is 318 g/mol. The molecule has 1 aliphatic rings. The Kier molecular flexibility index (Phi) is 6.11. The van der Waals surface area contributed by atoms with Crippen molar-refractivity contribution >= 4 is 11.6 Å². The zero-order valence-electron chi connectivity index (χ0n) is 14.1. The summed E-state index contributed by atoms with van der Waals surface area (Å²) in [4.78, 5) is 4.27. The lowest BCUT2D eigenvalue weighted by atomic mass is 10.2. The molecular formula is C19H23N3O3. The van der Waals surface area contributed by atoms with E-state index in [0.717, 1.165) is 29.2 Å². The molecule has 0 bridgehead atoms. The normalized spacial score (nSPS) is 14.0. The molecule has 0 amide bonds. The fourth-order valence-electron chi connectivity index (χ4n) is 2.42. The number of guanidine groups is 1. The molecule has 0 saturated heterocycles. The summed E-state index contributed by atoms with van der Waals surface area (Å²) in [5, 5.41) is 3.06. The average molecular weight is 341 g/mol. The van der Waals surface area contributed by atoms with Gasteiger partial charge in [0, 0.05) is 18.2 Å². The Balaban J connectivity index is 1.44. The zero-order valence-corrected chi connectivity index (χ0v) is 14.1. The highest BCUT2D eigenvalue weighted by Crippen LogP contribution is 2.32. The third-order valence-corrected chi connectivity index (χ3v) is 3.65. The van der Waals surface area contributed by atoms with Gasteiger partial charge in [-0.1, -0.05) is 30.3 Å². The van der Waals surface area contributed by atoms with Crippen LogP contribution in [0, 0.1) is 0 Å². The number of nitrogens with zero attached hydrogens (tertiary/aromatic N) is 1. The summed E-state index contributed by atoms with van der Waals surface area (Å²) < 4.78 is 16.8. The van der Waals surface area contributed by atoms with E-state index < -0.39 is 0 Å². The summed E-state index contributed by atoms with van der Waals surface area (Å²) in [6.45, 7) is 2.91. The van der Waals surface area contributed by atoms with Crippen molar-refractivity contribution in [1.82, 2.24) is 0 Å². The summed E-state index contributed by atoms with van der Waals surface area (Å²) in [6.07, 6.45) is 0.879. The van der Waals surface area contributed by atoms with Crippen molar-refractivity contribution in [2.75, 3.05) is 31.7 Å². The van der Waals surface area contributed by atoms with Crippen LogP contribution in [0.5, 0.6) is 11.5 Å². The molecule has 0 fully saturated rings. The largest absolute Gasteiger partial charge is 0.490 e. The van der Waals surface area contributed by atoms with E-state index in [1.807, 2.05) is 48.5 Å². The third kappa shape index (κ3) is 5.39. The van der Waals surface area contributed by atoms with Gasteiger partial charge in [-0.15, -0.1) is 0 Å². The smallest absolute Gasteiger partial charge is 0.193 e. The monoisotopic (exact) mass is 341 g/mol. The molecule has 1 aliphatic heterocycles. The topological polar surface area (TPSA) is 78.1 Å². The molecule has 25 heavy (non-hydrogen) atoms. The van der Waals surface area contributed by atoms with Gasteiger partial charge in [0.2, 0.25) is 0 Å². The van der Waals surface area contributed by atoms with Crippen LogP contribution < -0.4 is 20.5 Å². The van der Waals surface area contributed by atoms with Gasteiger partial charge < -0.3 is 25.3 Å². The molecule has 0 aliphatic carbocycles. The quantitative estimate of drug-likeness (QED) is 0.480. The van der Waals surface area contributed by atoms with E-state index in [0.29, 0.717) is 38.9 Å². The number of ether oxygens (including phenoxy) is 3. The summed E-state index contributed by atoms with van der Waals surface area (Å²) in [6, 6.07) is 15.7. The second kappa shape index (κ2) is 8.94. The number of hydrogen-bond donors (Lipinski definition) is 2. The molecule has 3 N–H and O–H groups in total. The van der Waals surface area contributed by atoms with Gasteiger partial charge in [0.15, 0.2) is 17.5 Å². The number of aliphatic imine (C=N–C) groups is 1. The Morgan fingerprint density at radius 1 is 1.08 bits per heavy atom. The van der Waals surface area contributed by atoms with Gasteiger partial charge in [-0.3, -0.25) is 4.99 Å². The number of benzene rings is 2. The van der Waals surface area contributed by atoms with Crippen LogP contribution in [0.2, 0.25) is 0 Å². The Hall–Kier alpha value is -2.73. The van der Waals surface area contributed by atoms with Crippen molar-refractivity contribution in [1.29, 1.82) is 0 Å². The van der Waals surface area contributed by atoms with Crippen molar-refractivity contribution in [2.45, 2.75) is 13.0 Å². The van der Waals surface area contributed by atoms with Gasteiger partial charge in [-0.05, 0) is 17.7 Å². The van der Waals surface area contributed by atoms with Crippen LogP contribution in [-0.4, -0.2) is 32.3 Å². The maximum atomic E-state index is 5.92. The molecule has 6 heteroatoms. The predicted octanol–water partition coefficient (Wildman–Crippen LogP) is 2.79. The highest BCUT2D eigenvalue weighted by Gasteiger charge is 2.10. The fourth-order valence-corrected chi connectivity index (χ4v) is 2.42. The third-order valence-electron chi connectivity index (χ3n) is 3.65. The SMILES string of the molecule is NC(=NCCOCc1ccccc1)Nc1ccc2c(c1)OCCCO2. The number of nitrogens with two attached hydrogens (primary N) is 1. The maximum Gasteiger partial charge on any atom is 0.193 e. The molecule has 2 aromatic carbocycles. The van der Waals surface area contributed by atoms with E-state index in [1.54, 1.807) is 0 Å². The highest BCUT2D eigenvalue weighted by molar-refractivity contribution is 5.92. The van der Waals surface area contributed by atoms with Gasteiger partial charge in [-0.25, -0.2) is 0 Å². The van der Waals surface area contributed by atoms with E-state index in [4.69, 9.17) is 19.9 Å². The Morgan fingerprint density at radius 3 is 2.72 bits per heavy atom. The number of hydrogen-bond acceptors (Lipinski definition) is 4. The van der Waals surface area contributed by atoms with Crippen LogP contribution in [-0.2, 0) is 11.3 Å². The number of anilines is 1. The van der Waals surface area contributed by atoms with Gasteiger partial charge >= 0.3 is 0 Å². The minimum absolute atomic E-state index is 0.345. The lowest BCUT2D eigenvalue weighted by molar-refractivity contribution is 0.128. The molecule has 132 valence electrons. The maximum absolute atomic E-state index is 5.92. The van der Waals surface area contributed by atoms with E-state index in [-0.39, 0.29) is 0 Å². The minimum atomic E-state index is 0.345. The average Bonchev–Trinajstić information content (AvgIpc) is 2.87. The van der Waals surface area contributed by atoms with Crippen LogP contribution in [0.15, 0.2) is 53.5 Å². The second-order valence-electron chi connectivity index (χ2n) is 5.64. The molecule has 6 nitrogen and oxygen atoms in total. The first-order valence-electron chi connectivity index (χ1n) is 8.39. The van der Waals surface area contributed by atoms with Crippen molar-refractivity contribution in [3.05, 3.63) is 54.1 Å². The first-order valence-corrected chi connectivity index (χ1v) is 8.39. The molecule has 0 radical (unpaired) electrons. The van der Waals surface area contributed by atoms with Crippen molar-refractivity contribution in [2.24, 2.45) is 10.7 Å². The highest BCUT2D eigenvalue weighted by atomic mass is 16.5. The number of nitrogens with one attached hydrogen (secondary N) is 1. The van der Waals surface area contributed by atoms with Crippen LogP contribution in [0.25, 0.3) is 0 Å². The predicted molar refractivity (Wildman–Crippen MR) is 98.3 cm³/mol. The Labute approximate surface area is 147 Å². The van der Waals surface area contributed by atoms with Gasteiger partial charge in [-0.2, -0.15) is 0 Å². The Bertz CT molecular complexity index is 704. The van der Waals surface area contributed by atoms with Crippen molar-refractivity contribution in [3.8, 4) is 11.5 Å². The Morgan fingerprint density at radius 2 is 1.88 bits per heavy atom. The molecule has 0 unspecified atom stereocenters. The summed E-state index contributed by atoms with van der Waals surface area (Å²) in [7, 11) is 0. The fraction of sp³-hybridized carbons (Fsp3) is 0.316. The first kappa shape index (κ1) is 17.1.